The number of aryl methyl sites for hydroxylation is 1. The van der Waals surface area contributed by atoms with Crippen molar-refractivity contribution in [1.82, 2.24) is 14.5 Å². The van der Waals surface area contributed by atoms with Crippen LogP contribution in [0.1, 0.15) is 60.8 Å². The predicted octanol–water partition coefficient (Wildman–Crippen LogP) is 5.49. The molecule has 0 radical (unpaired) electrons. The number of benzene rings is 2. The number of hydrogen-bond acceptors (Lipinski definition) is 6. The summed E-state index contributed by atoms with van der Waals surface area (Å²) in [5, 5.41) is 9.06. The second kappa shape index (κ2) is 11.4. The molecule has 212 valence electrons. The average Bonchev–Trinajstić information content (AvgIpc) is 3.47. The molecule has 8 nitrogen and oxygen atoms in total. The van der Waals surface area contributed by atoms with Crippen molar-refractivity contribution in [2.45, 2.75) is 64.5 Å². The molecule has 1 saturated heterocycles. The summed E-state index contributed by atoms with van der Waals surface area (Å²) in [5.41, 5.74) is 3.05. The van der Waals surface area contributed by atoms with Crippen LogP contribution >= 0.6 is 0 Å². The average molecular weight is 550 g/mol. The smallest absolute Gasteiger partial charge is 0.328 e. The van der Waals surface area contributed by atoms with Crippen LogP contribution in [0.2, 0.25) is 0 Å². The molecule has 2 aliphatic rings. The lowest BCUT2D eigenvalue weighted by Gasteiger charge is -2.32. The van der Waals surface area contributed by atoms with Gasteiger partial charge in [0.15, 0.2) is 11.5 Å². The molecular formula is C31H36FN3O5. The molecule has 0 spiro atoms. The summed E-state index contributed by atoms with van der Waals surface area (Å²) in [7, 11) is 1.66. The number of para-hydroxylation sites is 1. The van der Waals surface area contributed by atoms with Gasteiger partial charge >= 0.3 is 5.97 Å². The van der Waals surface area contributed by atoms with E-state index in [-0.39, 0.29) is 17.8 Å². The molecule has 0 unspecified atom stereocenters. The predicted molar refractivity (Wildman–Crippen MR) is 149 cm³/mol. The van der Waals surface area contributed by atoms with E-state index in [4.69, 9.17) is 19.3 Å². The monoisotopic (exact) mass is 549 g/mol. The number of ether oxygens (including phenoxy) is 3. The Hall–Kier alpha value is -3.69. The molecule has 2 atom stereocenters. The number of hydrogen-bond donors (Lipinski definition) is 1. The van der Waals surface area contributed by atoms with E-state index in [0.29, 0.717) is 30.2 Å². The van der Waals surface area contributed by atoms with E-state index in [1.54, 1.807) is 32.4 Å². The van der Waals surface area contributed by atoms with E-state index in [1.807, 2.05) is 36.6 Å². The van der Waals surface area contributed by atoms with Gasteiger partial charge in [-0.2, -0.15) is 0 Å². The highest BCUT2D eigenvalue weighted by Crippen LogP contribution is 2.49. The maximum Gasteiger partial charge on any atom is 0.328 e. The van der Waals surface area contributed by atoms with E-state index in [2.05, 4.69) is 16.0 Å². The maximum absolute atomic E-state index is 14.8. The van der Waals surface area contributed by atoms with Crippen LogP contribution < -0.4 is 9.47 Å². The van der Waals surface area contributed by atoms with Crippen LogP contribution in [0, 0.1) is 12.7 Å². The lowest BCUT2D eigenvalue weighted by molar-refractivity contribution is -0.131. The number of imidazole rings is 1. The summed E-state index contributed by atoms with van der Waals surface area (Å²) < 4.78 is 34.9. The van der Waals surface area contributed by atoms with Crippen LogP contribution in [0.3, 0.4) is 0 Å². The molecule has 5 rings (SSSR count). The molecule has 0 bridgehead atoms. The first-order valence-electron chi connectivity index (χ1n) is 13.6. The zero-order valence-electron chi connectivity index (χ0n) is 23.4. The number of piperidine rings is 1. The topological polar surface area (TPSA) is 86.0 Å². The summed E-state index contributed by atoms with van der Waals surface area (Å²) in [6, 6.07) is 11.0. The van der Waals surface area contributed by atoms with Crippen LogP contribution in [0.15, 0.2) is 48.7 Å². The number of rotatable bonds is 9. The van der Waals surface area contributed by atoms with Gasteiger partial charge in [0, 0.05) is 25.7 Å². The molecule has 0 amide bonds. The van der Waals surface area contributed by atoms with E-state index in [1.165, 1.54) is 6.07 Å². The molecule has 3 aromatic rings. The molecule has 3 heterocycles. The van der Waals surface area contributed by atoms with Gasteiger partial charge in [-0.1, -0.05) is 18.2 Å². The van der Waals surface area contributed by atoms with Crippen LogP contribution in [0.5, 0.6) is 11.5 Å². The minimum Gasteiger partial charge on any atom is -0.478 e. The van der Waals surface area contributed by atoms with E-state index in [0.717, 1.165) is 54.7 Å². The third-order valence-corrected chi connectivity index (χ3v) is 7.82. The largest absolute Gasteiger partial charge is 0.478 e. The van der Waals surface area contributed by atoms with Crippen molar-refractivity contribution in [2.75, 3.05) is 20.2 Å². The molecule has 0 aliphatic carbocycles. The van der Waals surface area contributed by atoms with Crippen molar-refractivity contribution < 1.29 is 28.5 Å². The summed E-state index contributed by atoms with van der Waals surface area (Å²) >= 11 is 0. The Labute approximate surface area is 234 Å². The first kappa shape index (κ1) is 27.9. The van der Waals surface area contributed by atoms with Crippen LogP contribution in [-0.2, 0) is 28.4 Å². The molecule has 9 heteroatoms. The normalized spacial score (nSPS) is 20.3. The number of methoxy groups -OCH3 is 1. The Balaban J connectivity index is 1.28. The highest BCUT2D eigenvalue weighted by Gasteiger charge is 2.42. The molecule has 2 aliphatic heterocycles. The van der Waals surface area contributed by atoms with Gasteiger partial charge in [0.2, 0.25) is 0 Å². The van der Waals surface area contributed by atoms with Gasteiger partial charge in [-0.3, -0.25) is 4.90 Å². The van der Waals surface area contributed by atoms with E-state index < -0.39 is 11.8 Å². The van der Waals surface area contributed by atoms with E-state index in [9.17, 15) is 9.18 Å². The number of fused-ring (bicyclic) bond motifs is 1. The van der Waals surface area contributed by atoms with Crippen molar-refractivity contribution >= 4 is 12.0 Å². The highest BCUT2D eigenvalue weighted by molar-refractivity contribution is 5.84. The Morgan fingerprint density at radius 2 is 2.05 bits per heavy atom. The number of carboxylic acids is 1. The molecule has 2 aromatic carbocycles. The van der Waals surface area contributed by atoms with Crippen molar-refractivity contribution in [3.63, 3.8) is 0 Å². The fourth-order valence-corrected chi connectivity index (χ4v) is 5.56. The fraction of sp³-hybridized carbons (Fsp3) is 0.419. The Morgan fingerprint density at radius 3 is 2.75 bits per heavy atom. The van der Waals surface area contributed by atoms with Gasteiger partial charge in [0.25, 0.3) is 5.79 Å². The lowest BCUT2D eigenvalue weighted by atomic mass is 9.88. The third kappa shape index (κ3) is 5.76. The number of aliphatic carboxylic acids is 1. The van der Waals surface area contributed by atoms with E-state index >= 15 is 0 Å². The minimum atomic E-state index is -1.22. The number of carboxylic acid groups (broad SMARTS) is 1. The van der Waals surface area contributed by atoms with Crippen LogP contribution in [0.25, 0.3) is 6.08 Å². The SMILES string of the molecule is CO[C@@H](C)Cn1c(/C=C/C(=O)O)cnc1CN1CCC(c2cccc3c2O[C@@](C)(c2ccc(C)cc2F)O3)CC1. The first-order valence-corrected chi connectivity index (χ1v) is 13.6. The standard InChI is InChI=1S/C31H36FN3O5/c1-20-8-10-25(26(32)16-20)31(3)39-27-7-5-6-24(30(27)40-31)22-12-14-34(15-13-22)19-28-33-17-23(9-11-29(36)37)35(28)18-21(2)38-4/h5-11,16-17,21-22H,12-15,18-19H2,1-4H3,(H,36,37)/b11-9+/t21-,31-/m0/s1. The molecule has 1 N–H and O–H groups in total. The first-order chi connectivity index (χ1) is 19.2. The van der Waals surface area contributed by atoms with Crippen molar-refractivity contribution in [3.05, 3.63) is 82.7 Å². The second-order valence-electron chi connectivity index (χ2n) is 10.8. The molecule has 40 heavy (non-hydrogen) atoms. The van der Waals surface area contributed by atoms with Gasteiger partial charge in [0.05, 0.1) is 36.6 Å². The number of nitrogens with zero attached hydrogens (tertiary/aromatic N) is 3. The quantitative estimate of drug-likeness (QED) is 0.354. The van der Waals surface area contributed by atoms with Crippen molar-refractivity contribution in [2.24, 2.45) is 0 Å². The lowest BCUT2D eigenvalue weighted by Crippen LogP contribution is -2.34. The molecule has 1 aromatic heterocycles. The zero-order valence-corrected chi connectivity index (χ0v) is 23.4. The van der Waals surface area contributed by atoms with Crippen molar-refractivity contribution in [1.29, 1.82) is 0 Å². The summed E-state index contributed by atoms with van der Waals surface area (Å²) in [6.45, 7) is 8.56. The number of aromatic nitrogens is 2. The second-order valence-corrected chi connectivity index (χ2v) is 10.8. The van der Waals surface area contributed by atoms with Gasteiger partial charge in [-0.05, 0) is 75.5 Å². The Kier molecular flexibility index (Phi) is 7.96. The number of halogens is 1. The molecule has 1 fully saturated rings. The van der Waals surface area contributed by atoms with Crippen LogP contribution in [0.4, 0.5) is 4.39 Å². The highest BCUT2D eigenvalue weighted by atomic mass is 19.1. The van der Waals surface area contributed by atoms with Gasteiger partial charge < -0.3 is 23.9 Å². The number of likely N-dealkylation sites (tertiary alicyclic amines) is 1. The summed E-state index contributed by atoms with van der Waals surface area (Å²) in [5.74, 6) is -0.0728. The van der Waals surface area contributed by atoms with Gasteiger partial charge in [-0.15, -0.1) is 0 Å². The molecular weight excluding hydrogens is 513 g/mol. The maximum atomic E-state index is 14.8. The Morgan fingerprint density at radius 1 is 1.27 bits per heavy atom. The fourth-order valence-electron chi connectivity index (χ4n) is 5.56. The van der Waals surface area contributed by atoms with Crippen molar-refractivity contribution in [3.8, 4) is 11.5 Å². The summed E-state index contributed by atoms with van der Waals surface area (Å²) in [4.78, 5) is 18.0. The number of carbonyl (C=O) groups is 1. The zero-order chi connectivity index (χ0) is 28.4. The van der Waals surface area contributed by atoms with Crippen LogP contribution in [-0.4, -0.2) is 51.8 Å². The van der Waals surface area contributed by atoms with Gasteiger partial charge in [-0.25, -0.2) is 14.2 Å². The minimum absolute atomic E-state index is 0.0443. The third-order valence-electron chi connectivity index (χ3n) is 7.82. The van der Waals surface area contributed by atoms with Gasteiger partial charge in [0.1, 0.15) is 11.6 Å². The molecule has 0 saturated carbocycles. The Bertz CT molecular complexity index is 1410. The summed E-state index contributed by atoms with van der Waals surface area (Å²) in [6.07, 6.45) is 6.22.